The molecule has 0 heterocycles. The molecule has 1 aromatic carbocycles. The third-order valence-electron chi connectivity index (χ3n) is 2.52. The van der Waals surface area contributed by atoms with Gasteiger partial charge in [-0.2, -0.15) is 0 Å². The number of phenolic OH excluding ortho intramolecular Hbond substituents is 1. The minimum absolute atomic E-state index is 0.0995. The minimum atomic E-state index is -0.349. The van der Waals surface area contributed by atoms with Crippen LogP contribution < -0.4 is 4.74 Å². The second kappa shape index (κ2) is 9.34. The van der Waals surface area contributed by atoms with Crippen LogP contribution >= 0.6 is 0 Å². The third kappa shape index (κ3) is 5.19. The average Bonchev–Trinajstić information content (AvgIpc) is 2.43. The molecule has 0 saturated heterocycles. The second-order valence-electron chi connectivity index (χ2n) is 3.96. The fraction of sp³-hybridized carbons (Fsp3) is 0.533. The summed E-state index contributed by atoms with van der Waals surface area (Å²) in [6, 6.07) is 5.31. The van der Waals surface area contributed by atoms with Gasteiger partial charge < -0.3 is 19.3 Å². The molecule has 0 atom stereocenters. The van der Waals surface area contributed by atoms with E-state index in [2.05, 4.69) is 4.99 Å². The van der Waals surface area contributed by atoms with Gasteiger partial charge in [-0.05, 0) is 32.9 Å². The highest BCUT2D eigenvalue weighted by Crippen LogP contribution is 2.28. The highest BCUT2D eigenvalue weighted by Gasteiger charge is 2.08. The van der Waals surface area contributed by atoms with Crippen LogP contribution in [0.15, 0.2) is 23.2 Å². The monoisotopic (exact) mass is 281 g/mol. The van der Waals surface area contributed by atoms with Crippen LogP contribution in [0.4, 0.5) is 0 Å². The lowest BCUT2D eigenvalue weighted by Crippen LogP contribution is -2.20. The van der Waals surface area contributed by atoms with Gasteiger partial charge in [0, 0.05) is 25.0 Å². The lowest BCUT2D eigenvalue weighted by atomic mass is 10.2. The van der Waals surface area contributed by atoms with Crippen molar-refractivity contribution in [3.05, 3.63) is 23.8 Å². The zero-order valence-electron chi connectivity index (χ0n) is 12.3. The molecule has 112 valence electrons. The molecule has 1 rings (SSSR count). The predicted molar refractivity (Wildman–Crippen MR) is 78.8 cm³/mol. The molecule has 0 radical (unpaired) electrons. The number of rotatable bonds is 9. The number of aliphatic imine (C=N–C) groups is 1. The molecule has 1 N–H and O–H groups in total. The minimum Gasteiger partial charge on any atom is -0.504 e. The molecule has 0 amide bonds. The number of benzene rings is 1. The summed E-state index contributed by atoms with van der Waals surface area (Å²) in [4.78, 5) is 4.25. The first kappa shape index (κ1) is 16.5. The summed E-state index contributed by atoms with van der Waals surface area (Å²) in [6.45, 7) is 7.73. The van der Waals surface area contributed by atoms with Gasteiger partial charge in [-0.3, -0.25) is 4.99 Å². The molecule has 0 aliphatic heterocycles. The van der Waals surface area contributed by atoms with Crippen molar-refractivity contribution in [2.75, 3.05) is 26.4 Å². The molecular formula is C15H23NO4. The summed E-state index contributed by atoms with van der Waals surface area (Å²) in [7, 11) is 0. The summed E-state index contributed by atoms with van der Waals surface area (Å²) in [5.41, 5.74) is 0.614. The Morgan fingerprint density at radius 3 is 2.45 bits per heavy atom. The quantitative estimate of drug-likeness (QED) is 0.558. The Hall–Kier alpha value is -1.59. The summed E-state index contributed by atoms with van der Waals surface area (Å²) >= 11 is 0. The molecule has 0 bridgehead atoms. The average molecular weight is 281 g/mol. The van der Waals surface area contributed by atoms with Crippen LogP contribution in [0.1, 0.15) is 26.3 Å². The first-order valence-electron chi connectivity index (χ1n) is 6.90. The fourth-order valence-electron chi connectivity index (χ4n) is 1.68. The summed E-state index contributed by atoms with van der Waals surface area (Å²) in [5, 5.41) is 10.0. The zero-order valence-corrected chi connectivity index (χ0v) is 12.3. The Bertz CT molecular complexity index is 414. The highest BCUT2D eigenvalue weighted by atomic mass is 16.7. The van der Waals surface area contributed by atoms with Crippen LogP contribution in [0.3, 0.4) is 0 Å². The highest BCUT2D eigenvalue weighted by molar-refractivity contribution is 5.84. The first-order chi connectivity index (χ1) is 9.72. The second-order valence-corrected chi connectivity index (χ2v) is 3.96. The number of para-hydroxylation sites is 1. The zero-order chi connectivity index (χ0) is 14.8. The van der Waals surface area contributed by atoms with Gasteiger partial charge in [-0.1, -0.05) is 6.07 Å². The van der Waals surface area contributed by atoms with Crippen molar-refractivity contribution in [2.45, 2.75) is 27.1 Å². The van der Waals surface area contributed by atoms with Crippen molar-refractivity contribution in [1.29, 1.82) is 0 Å². The van der Waals surface area contributed by atoms with Crippen LogP contribution in [-0.4, -0.2) is 44.0 Å². The van der Waals surface area contributed by atoms with E-state index in [1.165, 1.54) is 0 Å². The Morgan fingerprint density at radius 2 is 1.85 bits per heavy atom. The van der Waals surface area contributed by atoms with Crippen molar-refractivity contribution in [2.24, 2.45) is 4.99 Å². The summed E-state index contributed by atoms with van der Waals surface area (Å²) in [6.07, 6.45) is 1.25. The molecule has 0 spiro atoms. The maximum Gasteiger partial charge on any atom is 0.176 e. The van der Waals surface area contributed by atoms with Crippen LogP contribution in [0.5, 0.6) is 11.5 Å². The maximum atomic E-state index is 10.0. The summed E-state index contributed by atoms with van der Waals surface area (Å²) in [5.74, 6) is 0.560. The van der Waals surface area contributed by atoms with E-state index in [1.807, 2.05) is 26.8 Å². The van der Waals surface area contributed by atoms with Gasteiger partial charge in [-0.15, -0.1) is 0 Å². The number of ether oxygens (including phenoxy) is 3. The molecule has 0 aromatic heterocycles. The van der Waals surface area contributed by atoms with E-state index in [9.17, 15) is 5.11 Å². The van der Waals surface area contributed by atoms with Gasteiger partial charge in [0.2, 0.25) is 0 Å². The fourth-order valence-corrected chi connectivity index (χ4v) is 1.68. The van der Waals surface area contributed by atoms with Crippen molar-refractivity contribution in [3.8, 4) is 11.5 Å². The van der Waals surface area contributed by atoms with Crippen molar-refractivity contribution in [3.63, 3.8) is 0 Å². The van der Waals surface area contributed by atoms with E-state index < -0.39 is 0 Å². The first-order valence-corrected chi connectivity index (χ1v) is 6.90. The number of hydrogen-bond donors (Lipinski definition) is 1. The molecule has 20 heavy (non-hydrogen) atoms. The van der Waals surface area contributed by atoms with E-state index in [0.29, 0.717) is 37.7 Å². The van der Waals surface area contributed by atoms with Crippen LogP contribution in [0.2, 0.25) is 0 Å². The van der Waals surface area contributed by atoms with E-state index in [4.69, 9.17) is 14.2 Å². The van der Waals surface area contributed by atoms with E-state index in [1.54, 1.807) is 18.3 Å². The maximum absolute atomic E-state index is 10.0. The largest absolute Gasteiger partial charge is 0.504 e. The lowest BCUT2D eigenvalue weighted by Gasteiger charge is -2.14. The Morgan fingerprint density at radius 1 is 1.15 bits per heavy atom. The van der Waals surface area contributed by atoms with Crippen molar-refractivity contribution >= 4 is 6.21 Å². The molecule has 5 heteroatoms. The van der Waals surface area contributed by atoms with Crippen LogP contribution in [0, 0.1) is 0 Å². The van der Waals surface area contributed by atoms with E-state index in [-0.39, 0.29) is 12.0 Å². The standard InChI is InChI=1S/C15H23NO4/c1-4-18-13-9-7-8-12(15(13)17)10-16-11-14(19-5-2)20-6-3/h7-10,14,17H,4-6,11H2,1-3H3/b16-10+. The van der Waals surface area contributed by atoms with E-state index in [0.717, 1.165) is 0 Å². The Labute approximate surface area is 120 Å². The topological polar surface area (TPSA) is 60.3 Å². The van der Waals surface area contributed by atoms with Gasteiger partial charge in [0.25, 0.3) is 0 Å². The van der Waals surface area contributed by atoms with Crippen molar-refractivity contribution in [1.82, 2.24) is 0 Å². The van der Waals surface area contributed by atoms with Gasteiger partial charge in [0.15, 0.2) is 17.8 Å². The molecule has 0 unspecified atom stereocenters. The number of aromatic hydroxyl groups is 1. The normalized spacial score (nSPS) is 11.4. The Balaban J connectivity index is 2.67. The molecular weight excluding hydrogens is 258 g/mol. The molecule has 0 fully saturated rings. The smallest absolute Gasteiger partial charge is 0.176 e. The molecule has 1 aromatic rings. The van der Waals surface area contributed by atoms with Crippen LogP contribution in [0.25, 0.3) is 0 Å². The van der Waals surface area contributed by atoms with Crippen LogP contribution in [-0.2, 0) is 9.47 Å². The molecule has 5 nitrogen and oxygen atoms in total. The van der Waals surface area contributed by atoms with Gasteiger partial charge in [0.05, 0.1) is 13.2 Å². The lowest BCUT2D eigenvalue weighted by molar-refractivity contribution is -0.128. The molecule has 0 saturated carbocycles. The SMILES string of the molecule is CCOc1cccc(/C=N/CC(OCC)OCC)c1O. The number of hydrogen-bond acceptors (Lipinski definition) is 5. The molecule has 0 aliphatic rings. The third-order valence-corrected chi connectivity index (χ3v) is 2.52. The van der Waals surface area contributed by atoms with Gasteiger partial charge >= 0.3 is 0 Å². The van der Waals surface area contributed by atoms with E-state index >= 15 is 0 Å². The van der Waals surface area contributed by atoms with Crippen molar-refractivity contribution < 1.29 is 19.3 Å². The molecule has 0 aliphatic carbocycles. The van der Waals surface area contributed by atoms with Gasteiger partial charge in [-0.25, -0.2) is 0 Å². The Kier molecular flexibility index (Phi) is 7.69. The number of nitrogens with zero attached hydrogens (tertiary/aromatic N) is 1. The predicted octanol–water partition coefficient (Wildman–Crippen LogP) is 2.61. The van der Waals surface area contributed by atoms with Gasteiger partial charge in [0.1, 0.15) is 0 Å². The number of phenols is 1. The summed E-state index contributed by atoms with van der Waals surface area (Å²) < 4.78 is 16.1.